The number of aromatic hydroxyl groups is 1. The summed E-state index contributed by atoms with van der Waals surface area (Å²) in [6, 6.07) is 7.01. The summed E-state index contributed by atoms with van der Waals surface area (Å²) in [7, 11) is 1.59. The molecule has 1 aromatic carbocycles. The fourth-order valence-corrected chi connectivity index (χ4v) is 4.96. The van der Waals surface area contributed by atoms with Gasteiger partial charge in [-0.05, 0) is 42.7 Å². The Morgan fingerprint density at radius 2 is 2.03 bits per heavy atom. The van der Waals surface area contributed by atoms with Crippen molar-refractivity contribution in [3.8, 4) is 17.1 Å². The third kappa shape index (κ3) is 2.75. The molecule has 0 fully saturated rings. The topological polar surface area (TPSA) is 90.7 Å². The number of ether oxygens (including phenoxy) is 1. The van der Waals surface area contributed by atoms with Crippen LogP contribution in [0.15, 0.2) is 29.1 Å². The zero-order chi connectivity index (χ0) is 22.6. The van der Waals surface area contributed by atoms with Crippen LogP contribution in [0.5, 0.6) is 5.75 Å². The van der Waals surface area contributed by atoms with E-state index in [2.05, 4.69) is 6.92 Å². The molecule has 7 nitrogen and oxygen atoms in total. The number of esters is 1. The SMILES string of the molecule is CC[B]O[C@]1(CC)C(=O)OCc2c1cc1n(c2=O)Cc2c-1nc1ccc(O)cc1c2CC. The Morgan fingerprint density at radius 3 is 2.75 bits per heavy atom. The summed E-state index contributed by atoms with van der Waals surface area (Å²) in [4.78, 5) is 31.3. The van der Waals surface area contributed by atoms with Crippen molar-refractivity contribution < 1.29 is 19.3 Å². The van der Waals surface area contributed by atoms with E-state index in [1.165, 1.54) is 0 Å². The standard InChI is InChI=1S/C24H24BN2O5/c1-4-14-15-9-13(28)7-8-19(15)26-21-16(14)11-27-20(21)10-18-17(22(27)29)12-31-23(30)24(18,5-2)32-25-6-3/h7-10,28H,4-6,11-12H2,1-3H3/t24-/m0/s1. The molecule has 4 heterocycles. The lowest BCUT2D eigenvalue weighted by molar-refractivity contribution is -0.168. The van der Waals surface area contributed by atoms with Crippen molar-refractivity contribution >= 4 is 24.4 Å². The molecule has 8 heteroatoms. The van der Waals surface area contributed by atoms with E-state index in [1.54, 1.807) is 30.2 Å². The Kier molecular flexibility index (Phi) is 4.85. The molecule has 0 saturated heterocycles. The predicted octanol–water partition coefficient (Wildman–Crippen LogP) is 3.43. The van der Waals surface area contributed by atoms with E-state index in [0.717, 1.165) is 34.1 Å². The fraction of sp³-hybridized carbons (Fsp3) is 0.375. The highest BCUT2D eigenvalue weighted by atomic mass is 16.6. The quantitative estimate of drug-likeness (QED) is 0.385. The predicted molar refractivity (Wildman–Crippen MR) is 121 cm³/mol. The lowest BCUT2D eigenvalue weighted by atomic mass is 9.82. The Balaban J connectivity index is 1.79. The van der Waals surface area contributed by atoms with Crippen molar-refractivity contribution in [1.82, 2.24) is 9.55 Å². The lowest BCUT2D eigenvalue weighted by Gasteiger charge is -2.36. The molecule has 0 bridgehead atoms. The maximum absolute atomic E-state index is 13.5. The Hall–Kier alpha value is -3.13. The number of aromatic nitrogens is 2. The molecule has 2 aromatic heterocycles. The Morgan fingerprint density at radius 1 is 1.22 bits per heavy atom. The van der Waals surface area contributed by atoms with Crippen LogP contribution < -0.4 is 5.56 Å². The number of carbonyl (C=O) groups excluding carboxylic acids is 1. The molecule has 5 rings (SSSR count). The zero-order valence-electron chi connectivity index (χ0n) is 18.4. The monoisotopic (exact) mass is 431 g/mol. The number of fused-ring (bicyclic) bond motifs is 5. The molecule has 0 aliphatic carbocycles. The van der Waals surface area contributed by atoms with Crippen LogP contribution >= 0.6 is 0 Å². The van der Waals surface area contributed by atoms with Crippen molar-refractivity contribution in [2.24, 2.45) is 0 Å². The third-order valence-electron chi connectivity index (χ3n) is 6.56. The molecule has 1 N–H and O–H groups in total. The van der Waals surface area contributed by atoms with E-state index in [-0.39, 0.29) is 17.9 Å². The number of cyclic esters (lactones) is 1. The Bertz CT molecular complexity index is 1330. The van der Waals surface area contributed by atoms with Gasteiger partial charge in [-0.3, -0.25) is 4.79 Å². The number of phenolic OH excluding ortho intramolecular Hbond substituents is 1. The average molecular weight is 431 g/mol. The van der Waals surface area contributed by atoms with Crippen molar-refractivity contribution in [2.45, 2.75) is 58.7 Å². The van der Waals surface area contributed by atoms with Crippen LogP contribution in [0.4, 0.5) is 0 Å². The van der Waals surface area contributed by atoms with Crippen LogP contribution in [0.2, 0.25) is 6.32 Å². The lowest BCUT2D eigenvalue weighted by Crippen LogP contribution is -2.47. The first-order chi connectivity index (χ1) is 15.4. The number of pyridine rings is 2. The molecule has 2 aliphatic heterocycles. The van der Waals surface area contributed by atoms with Crippen molar-refractivity contribution in [3.63, 3.8) is 0 Å². The van der Waals surface area contributed by atoms with Gasteiger partial charge in [0.15, 0.2) is 5.60 Å². The van der Waals surface area contributed by atoms with Crippen LogP contribution in [0.1, 0.15) is 49.4 Å². The smallest absolute Gasteiger partial charge is 0.341 e. The molecular formula is C24H24BN2O5. The summed E-state index contributed by atoms with van der Waals surface area (Å²) < 4.78 is 13.1. The van der Waals surface area contributed by atoms with Crippen LogP contribution in [0.3, 0.4) is 0 Å². The van der Waals surface area contributed by atoms with Crippen molar-refractivity contribution in [2.75, 3.05) is 0 Å². The van der Waals surface area contributed by atoms with Gasteiger partial charge in [-0.2, -0.15) is 0 Å². The maximum atomic E-state index is 13.5. The molecule has 0 amide bonds. The molecule has 3 aromatic rings. The molecule has 0 spiro atoms. The van der Waals surface area contributed by atoms with Gasteiger partial charge in [0.2, 0.25) is 0 Å². The first kappa shape index (κ1) is 20.8. The normalized spacial score (nSPS) is 18.8. The van der Waals surface area contributed by atoms with E-state index in [0.29, 0.717) is 36.1 Å². The van der Waals surface area contributed by atoms with E-state index in [4.69, 9.17) is 14.4 Å². The number of hydrogen-bond acceptors (Lipinski definition) is 6. The number of hydrogen-bond donors (Lipinski definition) is 1. The second-order valence-electron chi connectivity index (χ2n) is 8.24. The minimum Gasteiger partial charge on any atom is -0.508 e. The number of nitrogens with zero attached hydrogens (tertiary/aromatic N) is 2. The zero-order valence-corrected chi connectivity index (χ0v) is 18.4. The molecule has 32 heavy (non-hydrogen) atoms. The number of rotatable bonds is 5. The number of carbonyl (C=O) groups is 1. The minimum atomic E-state index is -1.34. The Labute approximate surface area is 186 Å². The van der Waals surface area contributed by atoms with E-state index >= 15 is 0 Å². The number of aryl methyl sites for hydroxylation is 1. The van der Waals surface area contributed by atoms with E-state index in [9.17, 15) is 14.7 Å². The van der Waals surface area contributed by atoms with Crippen LogP contribution in [-0.4, -0.2) is 28.1 Å². The van der Waals surface area contributed by atoms with Gasteiger partial charge in [0, 0.05) is 16.5 Å². The second-order valence-corrected chi connectivity index (χ2v) is 8.24. The van der Waals surface area contributed by atoms with Gasteiger partial charge in [0.05, 0.1) is 29.0 Å². The maximum Gasteiger partial charge on any atom is 0.341 e. The summed E-state index contributed by atoms with van der Waals surface area (Å²) in [5, 5.41) is 10.9. The van der Waals surface area contributed by atoms with Crippen LogP contribution in [0, 0.1) is 0 Å². The fourth-order valence-electron chi connectivity index (χ4n) is 4.96. The van der Waals surface area contributed by atoms with Gasteiger partial charge in [0.25, 0.3) is 13.0 Å². The average Bonchev–Trinajstić information content (AvgIpc) is 3.16. The molecule has 0 saturated carbocycles. The number of benzene rings is 1. The highest BCUT2D eigenvalue weighted by Crippen LogP contribution is 2.42. The summed E-state index contributed by atoms with van der Waals surface area (Å²) in [5.74, 6) is -0.291. The summed E-state index contributed by atoms with van der Waals surface area (Å²) in [5.41, 5.74) is 3.71. The molecule has 1 atom stereocenters. The van der Waals surface area contributed by atoms with Gasteiger partial charge >= 0.3 is 5.97 Å². The highest BCUT2D eigenvalue weighted by Gasteiger charge is 2.47. The van der Waals surface area contributed by atoms with Gasteiger partial charge < -0.3 is 19.1 Å². The number of phenols is 1. The van der Waals surface area contributed by atoms with Gasteiger partial charge in [-0.1, -0.05) is 27.1 Å². The minimum absolute atomic E-state index is 0.0647. The largest absolute Gasteiger partial charge is 0.508 e. The van der Waals surface area contributed by atoms with Crippen molar-refractivity contribution in [1.29, 1.82) is 0 Å². The molecule has 2 aliphatic rings. The van der Waals surface area contributed by atoms with E-state index < -0.39 is 11.6 Å². The summed E-state index contributed by atoms with van der Waals surface area (Å²) in [6.45, 7) is 6.16. The molecule has 163 valence electrons. The first-order valence-corrected chi connectivity index (χ1v) is 11.0. The second kappa shape index (κ2) is 7.48. The highest BCUT2D eigenvalue weighted by molar-refractivity contribution is 6.27. The molecular weight excluding hydrogens is 407 g/mol. The van der Waals surface area contributed by atoms with Gasteiger partial charge in [-0.25, -0.2) is 9.78 Å². The first-order valence-electron chi connectivity index (χ1n) is 11.0. The van der Waals surface area contributed by atoms with E-state index in [1.807, 2.05) is 19.9 Å². The van der Waals surface area contributed by atoms with Crippen LogP contribution in [-0.2, 0) is 39.4 Å². The van der Waals surface area contributed by atoms with Gasteiger partial charge in [0.1, 0.15) is 12.4 Å². The third-order valence-corrected chi connectivity index (χ3v) is 6.56. The summed E-state index contributed by atoms with van der Waals surface area (Å²) in [6.07, 6.45) is 1.70. The van der Waals surface area contributed by atoms with Gasteiger partial charge in [-0.15, -0.1) is 0 Å². The summed E-state index contributed by atoms with van der Waals surface area (Å²) >= 11 is 0. The van der Waals surface area contributed by atoms with Crippen molar-refractivity contribution in [3.05, 3.63) is 56.9 Å². The van der Waals surface area contributed by atoms with Crippen LogP contribution in [0.25, 0.3) is 22.3 Å². The molecule has 0 unspecified atom stereocenters. The molecule has 1 radical (unpaired) electrons.